The molecule has 0 aliphatic heterocycles. The van der Waals surface area contributed by atoms with E-state index in [0.29, 0.717) is 0 Å². The first kappa shape index (κ1) is 9.95. The Morgan fingerprint density at radius 3 is 1.17 bits per heavy atom. The standard InChI is InChI=1S/C4H10O.Hf/c1-4(2,3)5;/h5H,1-3H3;/q;+4. The molecule has 1 N–H and O–H groups in total. The topological polar surface area (TPSA) is 20.2 Å². The van der Waals surface area contributed by atoms with Crippen LogP contribution in [0.1, 0.15) is 20.8 Å². The Morgan fingerprint density at radius 1 is 1.17 bits per heavy atom. The van der Waals surface area contributed by atoms with E-state index in [1.807, 2.05) is 0 Å². The maximum absolute atomic E-state index is 8.52. The van der Waals surface area contributed by atoms with E-state index in [1.54, 1.807) is 20.8 Å². The molecule has 0 saturated carbocycles. The molecule has 32 valence electrons. The number of hydrogen-bond donors (Lipinski definition) is 1. The van der Waals surface area contributed by atoms with Gasteiger partial charge in [0.2, 0.25) is 0 Å². The molecule has 0 fully saturated rings. The summed E-state index contributed by atoms with van der Waals surface area (Å²) in [5.41, 5.74) is -0.500. The van der Waals surface area contributed by atoms with Gasteiger partial charge in [-0.2, -0.15) is 0 Å². The van der Waals surface area contributed by atoms with Crippen LogP contribution in [0.2, 0.25) is 0 Å². The Balaban J connectivity index is 0. The number of aliphatic hydroxyl groups is 1. The summed E-state index contributed by atoms with van der Waals surface area (Å²) in [4.78, 5) is 0. The van der Waals surface area contributed by atoms with Gasteiger partial charge in [0, 0.05) is 0 Å². The minimum atomic E-state index is -0.500. The molecule has 1 nitrogen and oxygen atoms in total. The predicted molar refractivity (Wildman–Crippen MR) is 22.0 cm³/mol. The summed E-state index contributed by atoms with van der Waals surface area (Å²) in [6.07, 6.45) is 0. The van der Waals surface area contributed by atoms with Crippen molar-refractivity contribution in [2.24, 2.45) is 0 Å². The van der Waals surface area contributed by atoms with E-state index in [0.717, 1.165) is 0 Å². The zero-order chi connectivity index (χ0) is 4.50. The first-order valence-electron chi connectivity index (χ1n) is 1.72. The van der Waals surface area contributed by atoms with Crippen molar-refractivity contribution in [3.05, 3.63) is 0 Å². The molecule has 0 bridgehead atoms. The molecule has 0 unspecified atom stereocenters. The summed E-state index contributed by atoms with van der Waals surface area (Å²) in [7, 11) is 0. The second-order valence-corrected chi connectivity index (χ2v) is 2.17. The summed E-state index contributed by atoms with van der Waals surface area (Å²) in [5, 5.41) is 8.52. The smallest absolute Gasteiger partial charge is 0.391 e. The summed E-state index contributed by atoms with van der Waals surface area (Å²) in [5.74, 6) is 0. The van der Waals surface area contributed by atoms with Gasteiger partial charge in [0.25, 0.3) is 0 Å². The van der Waals surface area contributed by atoms with Gasteiger partial charge in [-0.25, -0.2) is 0 Å². The van der Waals surface area contributed by atoms with Crippen molar-refractivity contribution in [3.8, 4) is 0 Å². The molecule has 0 amide bonds. The van der Waals surface area contributed by atoms with Crippen LogP contribution in [0.25, 0.3) is 0 Å². The number of rotatable bonds is 0. The van der Waals surface area contributed by atoms with Crippen LogP contribution < -0.4 is 0 Å². The Bertz CT molecular complexity index is 23.0. The van der Waals surface area contributed by atoms with Crippen molar-refractivity contribution in [1.29, 1.82) is 0 Å². The summed E-state index contributed by atoms with van der Waals surface area (Å²) in [6.45, 7) is 5.23. The Kier molecular flexibility index (Phi) is 4.84. The van der Waals surface area contributed by atoms with Gasteiger partial charge < -0.3 is 5.11 Å². The van der Waals surface area contributed by atoms with Crippen molar-refractivity contribution in [1.82, 2.24) is 0 Å². The van der Waals surface area contributed by atoms with E-state index in [4.69, 9.17) is 5.11 Å². The van der Waals surface area contributed by atoms with Crippen LogP contribution in [0.5, 0.6) is 0 Å². The number of hydrogen-bond acceptors (Lipinski definition) is 1. The maximum atomic E-state index is 8.52. The van der Waals surface area contributed by atoms with E-state index >= 15 is 0 Å². The van der Waals surface area contributed by atoms with Crippen LogP contribution in [0, 0.1) is 0 Å². The molecule has 0 aliphatic carbocycles. The van der Waals surface area contributed by atoms with Crippen LogP contribution in [-0.2, 0) is 25.8 Å². The van der Waals surface area contributed by atoms with Gasteiger partial charge in [-0.05, 0) is 20.8 Å². The van der Waals surface area contributed by atoms with Crippen molar-refractivity contribution in [3.63, 3.8) is 0 Å². The molecule has 0 atom stereocenters. The van der Waals surface area contributed by atoms with Gasteiger partial charge in [-0.1, -0.05) is 0 Å². The molecule has 0 saturated heterocycles. The van der Waals surface area contributed by atoms with E-state index in [1.165, 1.54) is 0 Å². The molecule has 0 aromatic rings. The third-order valence-electron chi connectivity index (χ3n) is 0. The third kappa shape index (κ3) is 103. The fraction of sp³-hybridized carbons (Fsp3) is 1.00. The Morgan fingerprint density at radius 2 is 1.17 bits per heavy atom. The molecule has 0 spiro atoms. The molecule has 2 heteroatoms. The second-order valence-electron chi connectivity index (χ2n) is 2.17. The average molecular weight is 253 g/mol. The zero-order valence-electron chi connectivity index (χ0n) is 4.45. The first-order valence-corrected chi connectivity index (χ1v) is 1.72. The normalized spacial score (nSPS) is 10.0. The third-order valence-corrected chi connectivity index (χ3v) is 0. The molecule has 0 heterocycles. The minimum Gasteiger partial charge on any atom is -0.391 e. The van der Waals surface area contributed by atoms with Crippen LogP contribution in [0.3, 0.4) is 0 Å². The molecule has 0 rings (SSSR count). The van der Waals surface area contributed by atoms with Gasteiger partial charge >= 0.3 is 25.8 Å². The van der Waals surface area contributed by atoms with Gasteiger partial charge in [-0.15, -0.1) is 0 Å². The van der Waals surface area contributed by atoms with Crippen molar-refractivity contribution >= 4 is 0 Å². The van der Waals surface area contributed by atoms with Crippen molar-refractivity contribution in [2.75, 3.05) is 0 Å². The van der Waals surface area contributed by atoms with Crippen molar-refractivity contribution < 1.29 is 30.9 Å². The summed E-state index contributed by atoms with van der Waals surface area (Å²) < 4.78 is 0. The van der Waals surface area contributed by atoms with Gasteiger partial charge in [-0.3, -0.25) is 0 Å². The summed E-state index contributed by atoms with van der Waals surface area (Å²) in [6, 6.07) is 0. The second kappa shape index (κ2) is 2.92. The van der Waals surface area contributed by atoms with Crippen LogP contribution in [0.15, 0.2) is 0 Å². The monoisotopic (exact) mass is 254 g/mol. The van der Waals surface area contributed by atoms with Crippen LogP contribution in [0.4, 0.5) is 0 Å². The summed E-state index contributed by atoms with van der Waals surface area (Å²) >= 11 is 0. The molecule has 0 aromatic carbocycles. The maximum Gasteiger partial charge on any atom is 4.00 e. The average Bonchev–Trinajstić information content (AvgIpc) is 0.722. The molecule has 0 radical (unpaired) electrons. The molecule has 0 aliphatic rings. The molecule has 6 heavy (non-hydrogen) atoms. The minimum absolute atomic E-state index is 0. The van der Waals surface area contributed by atoms with Crippen LogP contribution >= 0.6 is 0 Å². The first-order chi connectivity index (χ1) is 2.00. The SMILES string of the molecule is CC(C)(C)O.[Hf+4]. The predicted octanol–water partition coefficient (Wildman–Crippen LogP) is 0.775. The Hall–Kier alpha value is 0.830. The van der Waals surface area contributed by atoms with E-state index < -0.39 is 5.60 Å². The Labute approximate surface area is 57.5 Å². The molecule has 0 aromatic heterocycles. The van der Waals surface area contributed by atoms with E-state index in [2.05, 4.69) is 0 Å². The van der Waals surface area contributed by atoms with Gasteiger partial charge in [0.05, 0.1) is 5.60 Å². The zero-order valence-corrected chi connectivity index (χ0v) is 8.04. The van der Waals surface area contributed by atoms with E-state index in [-0.39, 0.29) is 25.8 Å². The van der Waals surface area contributed by atoms with Gasteiger partial charge in [0.15, 0.2) is 0 Å². The van der Waals surface area contributed by atoms with Crippen LogP contribution in [-0.4, -0.2) is 10.7 Å². The van der Waals surface area contributed by atoms with Crippen molar-refractivity contribution in [2.45, 2.75) is 26.4 Å². The van der Waals surface area contributed by atoms with E-state index in [9.17, 15) is 0 Å². The molecular formula is C4H10HfO+4. The van der Waals surface area contributed by atoms with Gasteiger partial charge in [0.1, 0.15) is 0 Å². The fourth-order valence-corrected chi connectivity index (χ4v) is 0. The fourth-order valence-electron chi connectivity index (χ4n) is 0. The largest absolute Gasteiger partial charge is 4.00 e. The quantitative estimate of drug-likeness (QED) is 0.632. The molecular weight excluding hydrogens is 243 g/mol.